The molecule has 2 saturated heterocycles. The molecular formula is C16H27N3O2. The lowest BCUT2D eigenvalue weighted by atomic mass is 9.89. The smallest absolute Gasteiger partial charge is 0.0957 e. The Labute approximate surface area is 126 Å². The molecule has 2 atom stereocenters. The van der Waals surface area contributed by atoms with E-state index in [0.717, 1.165) is 57.6 Å². The molecule has 5 nitrogen and oxygen atoms in total. The van der Waals surface area contributed by atoms with Crippen molar-refractivity contribution in [3.63, 3.8) is 0 Å². The van der Waals surface area contributed by atoms with Crippen LogP contribution in [0.3, 0.4) is 0 Å². The third-order valence-corrected chi connectivity index (χ3v) is 4.96. The Hall–Kier alpha value is -0.910. The van der Waals surface area contributed by atoms with Crippen molar-refractivity contribution in [1.29, 1.82) is 0 Å². The van der Waals surface area contributed by atoms with Crippen molar-refractivity contribution >= 4 is 0 Å². The van der Waals surface area contributed by atoms with Crippen LogP contribution in [0.5, 0.6) is 0 Å². The van der Waals surface area contributed by atoms with E-state index in [4.69, 9.17) is 20.3 Å². The molecule has 3 rings (SSSR count). The van der Waals surface area contributed by atoms with Crippen LogP contribution in [0.15, 0.2) is 0 Å². The molecule has 0 saturated carbocycles. The summed E-state index contributed by atoms with van der Waals surface area (Å²) >= 11 is 0. The third-order valence-electron chi connectivity index (χ3n) is 4.96. The summed E-state index contributed by atoms with van der Waals surface area (Å²) in [5.74, 6) is 0. The summed E-state index contributed by atoms with van der Waals surface area (Å²) in [5, 5.41) is 4.89. The quantitative estimate of drug-likeness (QED) is 0.922. The van der Waals surface area contributed by atoms with Gasteiger partial charge in [0.15, 0.2) is 0 Å². The molecule has 118 valence electrons. The van der Waals surface area contributed by atoms with Crippen LogP contribution < -0.4 is 5.73 Å². The third kappa shape index (κ3) is 2.62. The number of hydrogen-bond acceptors (Lipinski definition) is 4. The van der Waals surface area contributed by atoms with Crippen molar-refractivity contribution in [3.8, 4) is 0 Å². The van der Waals surface area contributed by atoms with E-state index in [1.54, 1.807) is 0 Å². The van der Waals surface area contributed by atoms with E-state index in [-0.39, 0.29) is 5.60 Å². The van der Waals surface area contributed by atoms with Crippen molar-refractivity contribution in [2.75, 3.05) is 19.8 Å². The molecule has 2 unspecified atom stereocenters. The summed E-state index contributed by atoms with van der Waals surface area (Å²) in [6.45, 7) is 7.29. The maximum atomic E-state index is 6.05. The first-order valence-corrected chi connectivity index (χ1v) is 8.24. The minimum atomic E-state index is -0.0743. The molecule has 0 bridgehead atoms. The summed E-state index contributed by atoms with van der Waals surface area (Å²) in [6, 6.07) is 0.418. The number of ether oxygens (including phenoxy) is 2. The Morgan fingerprint density at radius 1 is 1.33 bits per heavy atom. The molecule has 0 radical (unpaired) electrons. The second-order valence-corrected chi connectivity index (χ2v) is 6.21. The highest BCUT2D eigenvalue weighted by molar-refractivity contribution is 5.27. The van der Waals surface area contributed by atoms with E-state index >= 15 is 0 Å². The first-order valence-electron chi connectivity index (χ1n) is 8.24. The minimum Gasteiger partial charge on any atom is -0.378 e. The fourth-order valence-corrected chi connectivity index (χ4v) is 3.83. The number of nitrogens with two attached hydrogens (primary N) is 1. The number of rotatable bonds is 4. The number of nitrogens with zero attached hydrogens (tertiary/aromatic N) is 2. The van der Waals surface area contributed by atoms with Gasteiger partial charge in [-0.25, -0.2) is 0 Å². The van der Waals surface area contributed by atoms with Gasteiger partial charge < -0.3 is 15.2 Å². The lowest BCUT2D eigenvalue weighted by Gasteiger charge is -2.37. The predicted octanol–water partition coefficient (Wildman–Crippen LogP) is 1.98. The second kappa shape index (κ2) is 6.07. The molecule has 0 amide bonds. The summed E-state index contributed by atoms with van der Waals surface area (Å²) < 4.78 is 13.9. The lowest BCUT2D eigenvalue weighted by Crippen LogP contribution is -2.41. The van der Waals surface area contributed by atoms with Gasteiger partial charge >= 0.3 is 0 Å². The van der Waals surface area contributed by atoms with Crippen LogP contribution in [0.25, 0.3) is 0 Å². The molecule has 2 aliphatic heterocycles. The molecule has 5 heteroatoms. The first-order chi connectivity index (χ1) is 10.2. The Morgan fingerprint density at radius 3 is 2.81 bits per heavy atom. The summed E-state index contributed by atoms with van der Waals surface area (Å²) in [7, 11) is 0. The van der Waals surface area contributed by atoms with Gasteiger partial charge in [-0.2, -0.15) is 5.10 Å². The number of hydrogen-bond donors (Lipinski definition) is 1. The van der Waals surface area contributed by atoms with Crippen LogP contribution in [0, 0.1) is 0 Å². The molecule has 1 aromatic rings. The molecule has 1 spiro atoms. The normalized spacial score (nSPS) is 29.4. The van der Waals surface area contributed by atoms with Crippen LogP contribution >= 0.6 is 0 Å². The highest BCUT2D eigenvalue weighted by atomic mass is 16.6. The van der Waals surface area contributed by atoms with E-state index in [9.17, 15) is 0 Å². The van der Waals surface area contributed by atoms with Gasteiger partial charge in [0.2, 0.25) is 0 Å². The predicted molar refractivity (Wildman–Crippen MR) is 81.3 cm³/mol. The largest absolute Gasteiger partial charge is 0.378 e. The van der Waals surface area contributed by atoms with E-state index < -0.39 is 0 Å². The van der Waals surface area contributed by atoms with Crippen molar-refractivity contribution in [1.82, 2.24) is 9.78 Å². The standard InChI is InChI=1S/C16H27N3O2/c1-3-14-13(10-17)15(4-2)19(18-14)12-5-7-21-16(9-12)6-8-20-11-16/h12H,3-11,17H2,1-2H3. The van der Waals surface area contributed by atoms with Crippen molar-refractivity contribution < 1.29 is 9.47 Å². The molecule has 2 aliphatic rings. The van der Waals surface area contributed by atoms with Crippen LogP contribution in [-0.4, -0.2) is 35.2 Å². The number of aryl methyl sites for hydroxylation is 1. The summed E-state index contributed by atoms with van der Waals surface area (Å²) in [4.78, 5) is 0. The van der Waals surface area contributed by atoms with E-state index in [1.807, 2.05) is 0 Å². The Kier molecular flexibility index (Phi) is 4.33. The Morgan fingerprint density at radius 2 is 2.19 bits per heavy atom. The summed E-state index contributed by atoms with van der Waals surface area (Å²) in [6.07, 6.45) is 4.99. The van der Waals surface area contributed by atoms with Crippen LogP contribution in [0.1, 0.15) is 56.1 Å². The zero-order chi connectivity index (χ0) is 14.9. The van der Waals surface area contributed by atoms with Gasteiger partial charge in [-0.15, -0.1) is 0 Å². The highest BCUT2D eigenvalue weighted by Crippen LogP contribution is 2.38. The van der Waals surface area contributed by atoms with Crippen molar-refractivity contribution in [2.24, 2.45) is 5.73 Å². The average Bonchev–Trinajstić information content (AvgIpc) is 3.10. The van der Waals surface area contributed by atoms with Crippen LogP contribution in [0.4, 0.5) is 0 Å². The number of aromatic nitrogens is 2. The van der Waals surface area contributed by atoms with Gasteiger partial charge in [-0.3, -0.25) is 4.68 Å². The Bertz CT molecular complexity index is 492. The lowest BCUT2D eigenvalue weighted by molar-refractivity contribution is -0.0965. The molecule has 0 aromatic carbocycles. The van der Waals surface area contributed by atoms with Gasteiger partial charge in [-0.05, 0) is 19.3 Å². The molecular weight excluding hydrogens is 266 g/mol. The maximum absolute atomic E-state index is 6.05. The topological polar surface area (TPSA) is 62.3 Å². The van der Waals surface area contributed by atoms with Gasteiger partial charge in [0, 0.05) is 43.9 Å². The highest BCUT2D eigenvalue weighted by Gasteiger charge is 2.42. The van der Waals surface area contributed by atoms with Gasteiger partial charge in [0.05, 0.1) is 23.9 Å². The summed E-state index contributed by atoms with van der Waals surface area (Å²) in [5.41, 5.74) is 9.62. The molecule has 2 fully saturated rings. The molecule has 2 N–H and O–H groups in total. The van der Waals surface area contributed by atoms with E-state index in [0.29, 0.717) is 12.6 Å². The van der Waals surface area contributed by atoms with Gasteiger partial charge in [-0.1, -0.05) is 13.8 Å². The van der Waals surface area contributed by atoms with Crippen LogP contribution in [-0.2, 0) is 28.9 Å². The van der Waals surface area contributed by atoms with Crippen LogP contribution in [0.2, 0.25) is 0 Å². The van der Waals surface area contributed by atoms with Crippen molar-refractivity contribution in [3.05, 3.63) is 17.0 Å². The molecule has 3 heterocycles. The zero-order valence-corrected chi connectivity index (χ0v) is 13.2. The first kappa shape index (κ1) is 15.0. The molecule has 1 aromatic heterocycles. The maximum Gasteiger partial charge on any atom is 0.0957 e. The Balaban J connectivity index is 1.90. The van der Waals surface area contributed by atoms with Gasteiger partial charge in [0.1, 0.15) is 0 Å². The zero-order valence-electron chi connectivity index (χ0n) is 13.2. The monoisotopic (exact) mass is 293 g/mol. The fraction of sp³-hybridized carbons (Fsp3) is 0.812. The average molecular weight is 293 g/mol. The van der Waals surface area contributed by atoms with Gasteiger partial charge in [0.25, 0.3) is 0 Å². The molecule has 0 aliphatic carbocycles. The SMILES string of the molecule is CCc1nn(C2CCOC3(CCOC3)C2)c(CC)c1CN. The van der Waals surface area contributed by atoms with Crippen molar-refractivity contribution in [2.45, 2.75) is 64.1 Å². The second-order valence-electron chi connectivity index (χ2n) is 6.21. The van der Waals surface area contributed by atoms with E-state index in [1.165, 1.54) is 11.3 Å². The fourth-order valence-electron chi connectivity index (χ4n) is 3.83. The minimum absolute atomic E-state index is 0.0743. The molecule has 21 heavy (non-hydrogen) atoms. The van der Waals surface area contributed by atoms with E-state index in [2.05, 4.69) is 18.5 Å².